The van der Waals surface area contributed by atoms with E-state index in [4.69, 9.17) is 11.6 Å². The third kappa shape index (κ3) is 1.83. The lowest BCUT2D eigenvalue weighted by atomic mass is 10.1. The smallest absolute Gasteiger partial charge is 0.317 e. The molecule has 0 saturated carbocycles. The highest BCUT2D eigenvalue weighted by Crippen LogP contribution is 2.25. The van der Waals surface area contributed by atoms with Crippen molar-refractivity contribution >= 4 is 22.6 Å². The number of imidazole rings is 1. The van der Waals surface area contributed by atoms with Crippen molar-refractivity contribution in [1.29, 1.82) is 0 Å². The maximum atomic E-state index is 13.4. The maximum Gasteiger partial charge on any atom is 0.326 e. The Morgan fingerprint density at radius 3 is 2.78 bits per heavy atom. The van der Waals surface area contributed by atoms with Crippen LogP contribution in [0.2, 0.25) is 5.02 Å². The number of aromatic nitrogens is 2. The van der Waals surface area contributed by atoms with Crippen LogP contribution in [0.5, 0.6) is 0 Å². The van der Waals surface area contributed by atoms with Crippen LogP contribution >= 0.6 is 11.6 Å². The Balaban J connectivity index is 2.18. The number of benzene rings is 1. The fourth-order valence-electron chi connectivity index (χ4n) is 2.55. The number of fused-ring (bicyclic) bond motifs is 1. The van der Waals surface area contributed by atoms with Gasteiger partial charge in [0.25, 0.3) is 0 Å². The molecule has 0 radical (unpaired) electrons. The van der Waals surface area contributed by atoms with E-state index in [1.54, 1.807) is 4.57 Å². The zero-order valence-electron chi connectivity index (χ0n) is 9.67. The van der Waals surface area contributed by atoms with Crippen molar-refractivity contribution in [3.05, 3.63) is 33.5 Å². The molecule has 1 saturated heterocycles. The molecular formula is C12H13ClFN3O. The highest BCUT2D eigenvalue weighted by molar-refractivity contribution is 6.31. The number of nitrogens with one attached hydrogen (secondary N) is 2. The monoisotopic (exact) mass is 269 g/mol. The van der Waals surface area contributed by atoms with Gasteiger partial charge in [-0.05, 0) is 32.0 Å². The third-order valence-electron chi connectivity index (χ3n) is 3.43. The van der Waals surface area contributed by atoms with Crippen molar-refractivity contribution in [2.24, 2.45) is 0 Å². The molecule has 2 N–H and O–H groups in total. The summed E-state index contributed by atoms with van der Waals surface area (Å²) in [7, 11) is 0. The molecule has 1 aromatic heterocycles. The van der Waals surface area contributed by atoms with Gasteiger partial charge >= 0.3 is 5.69 Å². The lowest BCUT2D eigenvalue weighted by molar-refractivity contribution is 0.368. The first kappa shape index (κ1) is 11.7. The standard InChI is InChI=1S/C12H13ClFN3O/c13-8-5-11-10(6-9(8)14)16-12(18)17(11)7-1-3-15-4-2-7/h5-7,15H,1-4H2,(H,16,18). The highest BCUT2D eigenvalue weighted by Gasteiger charge is 2.20. The van der Waals surface area contributed by atoms with Gasteiger partial charge in [0.05, 0.1) is 16.1 Å². The largest absolute Gasteiger partial charge is 0.326 e. The predicted molar refractivity (Wildman–Crippen MR) is 68.7 cm³/mol. The summed E-state index contributed by atoms with van der Waals surface area (Å²) in [6.45, 7) is 1.78. The van der Waals surface area contributed by atoms with E-state index < -0.39 is 5.82 Å². The van der Waals surface area contributed by atoms with E-state index >= 15 is 0 Å². The molecule has 0 atom stereocenters. The van der Waals surface area contributed by atoms with Gasteiger partial charge in [-0.1, -0.05) is 11.6 Å². The van der Waals surface area contributed by atoms with E-state index in [2.05, 4.69) is 10.3 Å². The van der Waals surface area contributed by atoms with E-state index in [0.717, 1.165) is 25.9 Å². The number of hydrogen-bond donors (Lipinski definition) is 2. The molecule has 2 heterocycles. The van der Waals surface area contributed by atoms with Gasteiger partial charge in [-0.2, -0.15) is 0 Å². The summed E-state index contributed by atoms with van der Waals surface area (Å²) in [5.41, 5.74) is 0.984. The van der Waals surface area contributed by atoms with Crippen LogP contribution in [0.1, 0.15) is 18.9 Å². The molecule has 6 heteroatoms. The molecule has 1 aliphatic rings. The molecule has 1 aromatic carbocycles. The molecule has 96 valence electrons. The summed E-state index contributed by atoms with van der Waals surface area (Å²) < 4.78 is 15.1. The third-order valence-corrected chi connectivity index (χ3v) is 3.72. The first-order valence-electron chi connectivity index (χ1n) is 5.97. The molecule has 4 nitrogen and oxygen atoms in total. The molecule has 1 fully saturated rings. The van der Waals surface area contributed by atoms with E-state index in [1.165, 1.54) is 12.1 Å². The maximum absolute atomic E-state index is 13.4. The minimum atomic E-state index is -0.511. The van der Waals surface area contributed by atoms with Crippen LogP contribution in [0.25, 0.3) is 11.0 Å². The Morgan fingerprint density at radius 1 is 1.33 bits per heavy atom. The number of halogens is 2. The van der Waals surface area contributed by atoms with Crippen molar-refractivity contribution in [3.8, 4) is 0 Å². The van der Waals surface area contributed by atoms with E-state index in [0.29, 0.717) is 11.0 Å². The number of nitrogens with zero attached hydrogens (tertiary/aromatic N) is 1. The van der Waals surface area contributed by atoms with Crippen LogP contribution in [0.3, 0.4) is 0 Å². The van der Waals surface area contributed by atoms with Crippen LogP contribution in [-0.4, -0.2) is 22.6 Å². The first-order chi connectivity index (χ1) is 8.66. The van der Waals surface area contributed by atoms with Crippen molar-refractivity contribution in [1.82, 2.24) is 14.9 Å². The number of H-pyrrole nitrogens is 1. The molecular weight excluding hydrogens is 257 g/mol. The quantitative estimate of drug-likeness (QED) is 0.832. The lowest BCUT2D eigenvalue weighted by Crippen LogP contribution is -2.33. The zero-order chi connectivity index (χ0) is 12.7. The lowest BCUT2D eigenvalue weighted by Gasteiger charge is -2.23. The van der Waals surface area contributed by atoms with Crippen LogP contribution in [0.15, 0.2) is 16.9 Å². The molecule has 0 bridgehead atoms. The fourth-order valence-corrected chi connectivity index (χ4v) is 2.71. The number of rotatable bonds is 1. The molecule has 18 heavy (non-hydrogen) atoms. The fraction of sp³-hybridized carbons (Fsp3) is 0.417. The average Bonchev–Trinajstić information content (AvgIpc) is 2.66. The van der Waals surface area contributed by atoms with Crippen LogP contribution in [0, 0.1) is 5.82 Å². The Kier molecular flexibility index (Phi) is 2.87. The van der Waals surface area contributed by atoms with Crippen molar-refractivity contribution in [2.45, 2.75) is 18.9 Å². The van der Waals surface area contributed by atoms with Crippen molar-refractivity contribution in [2.75, 3.05) is 13.1 Å². The summed E-state index contributed by atoms with van der Waals surface area (Å²) in [4.78, 5) is 14.7. The Hall–Kier alpha value is -1.33. The molecule has 0 aliphatic carbocycles. The average molecular weight is 270 g/mol. The first-order valence-corrected chi connectivity index (χ1v) is 6.34. The summed E-state index contributed by atoms with van der Waals surface area (Å²) in [5.74, 6) is -0.511. The second kappa shape index (κ2) is 4.40. The van der Waals surface area contributed by atoms with Crippen molar-refractivity contribution < 1.29 is 4.39 Å². The van der Waals surface area contributed by atoms with Gasteiger partial charge in [-0.15, -0.1) is 0 Å². The molecule has 2 aromatic rings. The minimum absolute atomic E-state index is 0.0455. The van der Waals surface area contributed by atoms with Crippen molar-refractivity contribution in [3.63, 3.8) is 0 Å². The zero-order valence-corrected chi connectivity index (χ0v) is 10.4. The second-order valence-corrected chi connectivity index (χ2v) is 4.97. The highest BCUT2D eigenvalue weighted by atomic mass is 35.5. The summed E-state index contributed by atoms with van der Waals surface area (Å²) in [6, 6.07) is 2.94. The van der Waals surface area contributed by atoms with Gasteiger partial charge in [0.2, 0.25) is 0 Å². The second-order valence-electron chi connectivity index (χ2n) is 4.56. The number of hydrogen-bond acceptors (Lipinski definition) is 2. The summed E-state index contributed by atoms with van der Waals surface area (Å²) in [5, 5.41) is 3.30. The Labute approximate surface area is 108 Å². The van der Waals surface area contributed by atoms with Crippen LogP contribution < -0.4 is 11.0 Å². The molecule has 1 aliphatic heterocycles. The van der Waals surface area contributed by atoms with E-state index in [9.17, 15) is 9.18 Å². The van der Waals surface area contributed by atoms with Crippen LogP contribution in [-0.2, 0) is 0 Å². The number of aromatic amines is 1. The van der Waals surface area contributed by atoms with Gasteiger partial charge in [-0.3, -0.25) is 4.57 Å². The van der Waals surface area contributed by atoms with E-state index in [1.807, 2.05) is 0 Å². The Morgan fingerprint density at radius 2 is 2.06 bits per heavy atom. The van der Waals surface area contributed by atoms with E-state index in [-0.39, 0.29) is 16.8 Å². The normalized spacial score (nSPS) is 17.4. The van der Waals surface area contributed by atoms with Crippen LogP contribution in [0.4, 0.5) is 4.39 Å². The van der Waals surface area contributed by atoms with Gasteiger partial charge < -0.3 is 10.3 Å². The molecule has 0 spiro atoms. The Bertz CT molecular complexity index is 643. The molecule has 3 rings (SSSR count). The van der Waals surface area contributed by atoms with Gasteiger partial charge in [0, 0.05) is 12.1 Å². The SMILES string of the molecule is O=c1[nH]c2cc(F)c(Cl)cc2n1C1CCNCC1. The summed E-state index contributed by atoms with van der Waals surface area (Å²) in [6.07, 6.45) is 1.78. The number of piperidine rings is 1. The predicted octanol–water partition coefficient (Wildman–Crippen LogP) is 2.05. The van der Waals surface area contributed by atoms with Gasteiger partial charge in [-0.25, -0.2) is 9.18 Å². The molecule has 0 unspecified atom stereocenters. The molecule has 0 amide bonds. The van der Waals surface area contributed by atoms with Gasteiger partial charge in [0.1, 0.15) is 5.82 Å². The minimum Gasteiger partial charge on any atom is -0.317 e. The van der Waals surface area contributed by atoms with Gasteiger partial charge in [0.15, 0.2) is 0 Å². The summed E-state index contributed by atoms with van der Waals surface area (Å²) >= 11 is 5.79. The topological polar surface area (TPSA) is 49.8 Å².